The highest BCUT2D eigenvalue weighted by atomic mass is 32.2. The van der Waals surface area contributed by atoms with Crippen LogP contribution in [0.4, 0.5) is 4.39 Å². The number of sulfone groups is 1. The van der Waals surface area contributed by atoms with Crippen molar-refractivity contribution in [3.63, 3.8) is 0 Å². The summed E-state index contributed by atoms with van der Waals surface area (Å²) in [5, 5.41) is 1.05. The average molecular weight is 229 g/mol. The Morgan fingerprint density at radius 3 is 2.80 bits per heavy atom. The van der Waals surface area contributed by atoms with E-state index in [0.717, 1.165) is 17.5 Å². The Labute approximate surface area is 86.0 Å². The van der Waals surface area contributed by atoms with E-state index in [4.69, 9.17) is 5.90 Å². The van der Waals surface area contributed by atoms with E-state index in [0.29, 0.717) is 11.1 Å². The van der Waals surface area contributed by atoms with Crippen molar-refractivity contribution in [2.75, 3.05) is 6.61 Å². The van der Waals surface area contributed by atoms with Gasteiger partial charge in [0.25, 0.3) is 0 Å². The molecule has 1 heterocycles. The first-order valence-electron chi connectivity index (χ1n) is 4.12. The van der Waals surface area contributed by atoms with Gasteiger partial charge in [0.15, 0.2) is 0 Å². The molecule has 2 N–H and O–H groups in total. The lowest BCUT2D eigenvalue weighted by Gasteiger charge is -2.02. The van der Waals surface area contributed by atoms with Gasteiger partial charge in [-0.05, 0) is 18.2 Å². The van der Waals surface area contributed by atoms with Crippen LogP contribution < -0.4 is 5.90 Å². The Morgan fingerprint density at radius 1 is 1.40 bits per heavy atom. The maximum atomic E-state index is 12.9. The van der Waals surface area contributed by atoms with Gasteiger partial charge in [-0.3, -0.25) is 4.84 Å². The minimum Gasteiger partial charge on any atom is -0.300 e. The molecule has 0 saturated carbocycles. The van der Waals surface area contributed by atoms with Crippen molar-refractivity contribution >= 4 is 15.4 Å². The van der Waals surface area contributed by atoms with E-state index in [9.17, 15) is 12.8 Å². The molecule has 1 aromatic rings. The Hall–Kier alpha value is -1.24. The topological polar surface area (TPSA) is 69.4 Å². The molecule has 0 bridgehead atoms. The van der Waals surface area contributed by atoms with Crippen LogP contribution in [0.15, 0.2) is 28.5 Å². The van der Waals surface area contributed by atoms with Crippen LogP contribution in [0.3, 0.4) is 0 Å². The molecule has 0 atom stereocenters. The summed E-state index contributed by atoms with van der Waals surface area (Å²) >= 11 is 0. The summed E-state index contributed by atoms with van der Waals surface area (Å²) in [5.41, 5.74) is 0.687. The van der Waals surface area contributed by atoms with E-state index in [1.54, 1.807) is 0 Å². The number of hydrogen-bond donors (Lipinski definition) is 1. The lowest BCUT2D eigenvalue weighted by atomic mass is 10.1. The molecule has 0 saturated heterocycles. The first-order valence-corrected chi connectivity index (χ1v) is 5.66. The summed E-state index contributed by atoms with van der Waals surface area (Å²) < 4.78 is 36.0. The lowest BCUT2D eigenvalue weighted by Crippen LogP contribution is -2.02. The van der Waals surface area contributed by atoms with Crippen molar-refractivity contribution in [1.29, 1.82) is 0 Å². The summed E-state index contributed by atoms with van der Waals surface area (Å²) in [6.45, 7) is -0.0598. The van der Waals surface area contributed by atoms with Crippen LogP contribution in [0.25, 0.3) is 5.57 Å². The smallest absolute Gasteiger partial charge is 0.200 e. The van der Waals surface area contributed by atoms with Gasteiger partial charge < -0.3 is 0 Å². The van der Waals surface area contributed by atoms with Crippen molar-refractivity contribution in [2.24, 2.45) is 5.90 Å². The molecule has 4 nitrogen and oxygen atoms in total. The monoisotopic (exact) mass is 229 g/mol. The highest BCUT2D eigenvalue weighted by Gasteiger charge is 2.26. The van der Waals surface area contributed by atoms with Gasteiger partial charge in [-0.2, -0.15) is 0 Å². The normalized spacial score (nSPS) is 17.3. The van der Waals surface area contributed by atoms with E-state index in [1.807, 2.05) is 0 Å². The van der Waals surface area contributed by atoms with Crippen molar-refractivity contribution in [3.8, 4) is 0 Å². The number of halogens is 1. The molecule has 0 amide bonds. The van der Waals surface area contributed by atoms with Gasteiger partial charge in [0.1, 0.15) is 5.82 Å². The zero-order valence-electron chi connectivity index (χ0n) is 7.60. The van der Waals surface area contributed by atoms with Crippen LogP contribution in [0.2, 0.25) is 0 Å². The molecule has 0 fully saturated rings. The highest BCUT2D eigenvalue weighted by Crippen LogP contribution is 2.33. The van der Waals surface area contributed by atoms with Gasteiger partial charge in [0.2, 0.25) is 9.84 Å². The standard InChI is InChI=1S/C9H8FNO3S/c10-7-1-2-9-8(3-7)6(4-14-11)5-15(9,12)13/h1-3,5H,4,11H2. The molecule has 80 valence electrons. The van der Waals surface area contributed by atoms with E-state index in [1.165, 1.54) is 6.07 Å². The molecule has 2 rings (SSSR count). The van der Waals surface area contributed by atoms with Crippen LogP contribution >= 0.6 is 0 Å². The predicted molar refractivity (Wildman–Crippen MR) is 51.7 cm³/mol. The second-order valence-corrected chi connectivity index (χ2v) is 4.91. The maximum absolute atomic E-state index is 12.9. The van der Waals surface area contributed by atoms with Crippen molar-refractivity contribution in [1.82, 2.24) is 0 Å². The first kappa shape index (κ1) is 10.3. The van der Waals surface area contributed by atoms with Crippen LogP contribution in [0.1, 0.15) is 5.56 Å². The molecule has 15 heavy (non-hydrogen) atoms. The SMILES string of the molecule is NOCC1=CS(=O)(=O)c2ccc(F)cc21. The number of nitrogens with two attached hydrogens (primary N) is 1. The van der Waals surface area contributed by atoms with Crippen molar-refractivity contribution in [3.05, 3.63) is 35.0 Å². The number of rotatable bonds is 2. The number of benzene rings is 1. The molecule has 6 heteroatoms. The Kier molecular flexibility index (Phi) is 2.34. The molecule has 0 unspecified atom stereocenters. The third-order valence-corrected chi connectivity index (χ3v) is 3.69. The molecule has 0 radical (unpaired) electrons. The largest absolute Gasteiger partial charge is 0.300 e. The van der Waals surface area contributed by atoms with Crippen molar-refractivity contribution in [2.45, 2.75) is 4.90 Å². The predicted octanol–water partition coefficient (Wildman–Crippen LogP) is 0.844. The summed E-state index contributed by atoms with van der Waals surface area (Å²) in [7, 11) is -3.46. The fourth-order valence-electron chi connectivity index (χ4n) is 1.52. The van der Waals surface area contributed by atoms with Gasteiger partial charge in [-0.15, -0.1) is 0 Å². The first-order chi connectivity index (χ1) is 7.04. The summed E-state index contributed by atoms with van der Waals surface area (Å²) in [5.74, 6) is 4.37. The molecular weight excluding hydrogens is 221 g/mol. The van der Waals surface area contributed by atoms with Crippen LogP contribution in [0, 0.1) is 5.82 Å². The molecule has 0 aromatic heterocycles. The van der Waals surface area contributed by atoms with E-state index in [2.05, 4.69) is 4.84 Å². The van der Waals surface area contributed by atoms with Crippen molar-refractivity contribution < 1.29 is 17.6 Å². The Bertz CT molecular complexity index is 536. The Morgan fingerprint density at radius 2 is 2.13 bits per heavy atom. The zero-order valence-corrected chi connectivity index (χ0v) is 8.42. The average Bonchev–Trinajstić information content (AvgIpc) is 2.39. The minimum atomic E-state index is -3.46. The van der Waals surface area contributed by atoms with Crippen LogP contribution in [-0.4, -0.2) is 15.0 Å². The number of hydrogen-bond acceptors (Lipinski definition) is 4. The highest BCUT2D eigenvalue weighted by molar-refractivity contribution is 7.95. The second kappa shape index (κ2) is 3.41. The van der Waals surface area contributed by atoms with E-state index in [-0.39, 0.29) is 11.5 Å². The summed E-state index contributed by atoms with van der Waals surface area (Å²) in [6, 6.07) is 3.50. The molecule has 1 aromatic carbocycles. The van der Waals surface area contributed by atoms with Gasteiger partial charge in [-0.25, -0.2) is 18.7 Å². The molecular formula is C9H8FNO3S. The van der Waals surface area contributed by atoms with Gasteiger partial charge in [0, 0.05) is 16.5 Å². The fourth-order valence-corrected chi connectivity index (χ4v) is 2.97. The third-order valence-electron chi connectivity index (χ3n) is 2.13. The Balaban J connectivity index is 2.63. The quantitative estimate of drug-likeness (QED) is 0.602. The second-order valence-electron chi connectivity index (χ2n) is 3.14. The van der Waals surface area contributed by atoms with Gasteiger partial charge in [0.05, 0.1) is 11.5 Å². The molecule has 0 spiro atoms. The van der Waals surface area contributed by atoms with Crippen LogP contribution in [-0.2, 0) is 14.7 Å². The van der Waals surface area contributed by atoms with Gasteiger partial charge >= 0.3 is 0 Å². The third kappa shape index (κ3) is 1.67. The lowest BCUT2D eigenvalue weighted by molar-refractivity contribution is 0.173. The summed E-state index contributed by atoms with van der Waals surface area (Å²) in [6.07, 6.45) is 0. The molecule has 0 aliphatic carbocycles. The molecule has 1 aliphatic rings. The van der Waals surface area contributed by atoms with E-state index >= 15 is 0 Å². The molecule has 1 aliphatic heterocycles. The van der Waals surface area contributed by atoms with E-state index < -0.39 is 15.7 Å². The van der Waals surface area contributed by atoms with Crippen LogP contribution in [0.5, 0.6) is 0 Å². The zero-order chi connectivity index (χ0) is 11.1. The number of fused-ring (bicyclic) bond motifs is 1. The maximum Gasteiger partial charge on any atom is 0.200 e. The fraction of sp³-hybridized carbons (Fsp3) is 0.111. The van der Waals surface area contributed by atoms with Gasteiger partial charge in [-0.1, -0.05) is 0 Å². The summed E-state index contributed by atoms with van der Waals surface area (Å²) in [4.78, 5) is 4.45. The minimum absolute atomic E-state index is 0.0598.